The zero-order valence-electron chi connectivity index (χ0n) is 11.9. The van der Waals surface area contributed by atoms with E-state index in [9.17, 15) is 0 Å². The first-order valence-electron chi connectivity index (χ1n) is 7.22. The second-order valence-corrected chi connectivity index (χ2v) is 5.93. The SMILES string of the molecule is Cn1c(-c2cccc3c2CCCN3)nc2ccc(Cl)cc21. The first-order chi connectivity index (χ1) is 10.2. The van der Waals surface area contributed by atoms with Crippen LogP contribution in [0.25, 0.3) is 22.4 Å². The monoisotopic (exact) mass is 297 g/mol. The molecule has 3 aromatic rings. The third-order valence-electron chi connectivity index (χ3n) is 4.18. The highest BCUT2D eigenvalue weighted by atomic mass is 35.5. The number of hydrogen-bond acceptors (Lipinski definition) is 2. The van der Waals surface area contributed by atoms with Crippen LogP contribution in [0.4, 0.5) is 5.69 Å². The predicted octanol–water partition coefficient (Wildman–Crippen LogP) is 4.25. The average molecular weight is 298 g/mol. The molecule has 4 heteroatoms. The molecule has 4 rings (SSSR count). The van der Waals surface area contributed by atoms with Gasteiger partial charge in [-0.2, -0.15) is 0 Å². The molecular weight excluding hydrogens is 282 g/mol. The number of anilines is 1. The van der Waals surface area contributed by atoms with Crippen molar-refractivity contribution in [2.45, 2.75) is 12.8 Å². The molecule has 0 spiro atoms. The Morgan fingerprint density at radius 1 is 1.24 bits per heavy atom. The van der Waals surface area contributed by atoms with Gasteiger partial charge < -0.3 is 9.88 Å². The minimum absolute atomic E-state index is 0.744. The number of hydrogen-bond donors (Lipinski definition) is 1. The lowest BCUT2D eigenvalue weighted by molar-refractivity contribution is 0.828. The van der Waals surface area contributed by atoms with E-state index in [4.69, 9.17) is 16.6 Å². The van der Waals surface area contributed by atoms with E-state index >= 15 is 0 Å². The van der Waals surface area contributed by atoms with Crippen LogP contribution in [-0.2, 0) is 13.5 Å². The second kappa shape index (κ2) is 4.78. The summed E-state index contributed by atoms with van der Waals surface area (Å²) in [5, 5.41) is 4.22. The van der Waals surface area contributed by atoms with Gasteiger partial charge in [0.1, 0.15) is 5.82 Å². The molecule has 0 unspecified atom stereocenters. The van der Waals surface area contributed by atoms with Crippen molar-refractivity contribution in [3.8, 4) is 11.4 Å². The lowest BCUT2D eigenvalue weighted by Gasteiger charge is -2.20. The van der Waals surface area contributed by atoms with E-state index in [-0.39, 0.29) is 0 Å². The van der Waals surface area contributed by atoms with Gasteiger partial charge in [-0.3, -0.25) is 0 Å². The first-order valence-corrected chi connectivity index (χ1v) is 7.60. The van der Waals surface area contributed by atoms with Crippen molar-refractivity contribution in [1.82, 2.24) is 9.55 Å². The van der Waals surface area contributed by atoms with Gasteiger partial charge in [0.05, 0.1) is 11.0 Å². The van der Waals surface area contributed by atoms with Crippen LogP contribution in [0.15, 0.2) is 36.4 Å². The minimum atomic E-state index is 0.744. The van der Waals surface area contributed by atoms with Crippen molar-refractivity contribution in [1.29, 1.82) is 0 Å². The van der Waals surface area contributed by atoms with Gasteiger partial charge in [-0.1, -0.05) is 23.7 Å². The van der Waals surface area contributed by atoms with E-state index in [2.05, 4.69) is 35.1 Å². The molecule has 0 saturated carbocycles. The standard InChI is InChI=1S/C17H16ClN3/c1-21-16-10-11(18)7-8-15(16)20-17(21)13-4-2-6-14-12(13)5-3-9-19-14/h2,4,6-8,10,19H,3,5,9H2,1H3. The maximum absolute atomic E-state index is 6.11. The van der Waals surface area contributed by atoms with E-state index in [0.29, 0.717) is 0 Å². The molecule has 3 nitrogen and oxygen atoms in total. The van der Waals surface area contributed by atoms with E-state index < -0.39 is 0 Å². The molecule has 0 aliphatic carbocycles. The summed E-state index contributed by atoms with van der Waals surface area (Å²) >= 11 is 6.11. The van der Waals surface area contributed by atoms with Gasteiger partial charge in [0.25, 0.3) is 0 Å². The molecule has 0 amide bonds. The largest absolute Gasteiger partial charge is 0.385 e. The normalized spacial score (nSPS) is 14.0. The molecule has 2 heterocycles. The van der Waals surface area contributed by atoms with Crippen LogP contribution < -0.4 is 5.32 Å². The summed E-state index contributed by atoms with van der Waals surface area (Å²) in [5.74, 6) is 1.01. The Labute approximate surface area is 128 Å². The van der Waals surface area contributed by atoms with Gasteiger partial charge in [-0.05, 0) is 42.7 Å². The maximum Gasteiger partial charge on any atom is 0.141 e. The van der Waals surface area contributed by atoms with Crippen LogP contribution >= 0.6 is 11.6 Å². The summed E-state index contributed by atoms with van der Waals surface area (Å²) in [5.41, 5.74) is 5.88. The van der Waals surface area contributed by atoms with Crippen LogP contribution in [0.1, 0.15) is 12.0 Å². The Kier molecular flexibility index (Phi) is 2.89. The third-order valence-corrected chi connectivity index (χ3v) is 4.41. The van der Waals surface area contributed by atoms with Gasteiger partial charge in [-0.25, -0.2) is 4.98 Å². The van der Waals surface area contributed by atoms with Crippen molar-refractivity contribution in [3.63, 3.8) is 0 Å². The number of benzene rings is 2. The summed E-state index contributed by atoms with van der Waals surface area (Å²) in [6, 6.07) is 12.3. The lowest BCUT2D eigenvalue weighted by Crippen LogP contribution is -2.13. The summed E-state index contributed by atoms with van der Waals surface area (Å²) in [7, 11) is 2.05. The summed E-state index contributed by atoms with van der Waals surface area (Å²) in [6.45, 7) is 1.05. The smallest absolute Gasteiger partial charge is 0.141 e. The summed E-state index contributed by atoms with van der Waals surface area (Å²) < 4.78 is 2.13. The molecule has 0 fully saturated rings. The first kappa shape index (κ1) is 12.7. The van der Waals surface area contributed by atoms with Gasteiger partial charge in [0, 0.05) is 29.9 Å². The molecule has 106 valence electrons. The highest BCUT2D eigenvalue weighted by molar-refractivity contribution is 6.31. The van der Waals surface area contributed by atoms with Crippen molar-refractivity contribution < 1.29 is 0 Å². The third kappa shape index (κ3) is 2.00. The van der Waals surface area contributed by atoms with Gasteiger partial charge >= 0.3 is 0 Å². The number of fused-ring (bicyclic) bond motifs is 2. The van der Waals surface area contributed by atoms with Crippen molar-refractivity contribution in [2.75, 3.05) is 11.9 Å². The Bertz CT molecular complexity index is 835. The number of halogens is 1. The molecule has 21 heavy (non-hydrogen) atoms. The summed E-state index contributed by atoms with van der Waals surface area (Å²) in [6.07, 6.45) is 2.27. The molecule has 2 aromatic carbocycles. The predicted molar refractivity (Wildman–Crippen MR) is 88.0 cm³/mol. The molecule has 1 N–H and O–H groups in total. The van der Waals surface area contributed by atoms with Crippen molar-refractivity contribution in [2.24, 2.45) is 7.05 Å². The zero-order chi connectivity index (χ0) is 14.4. The Balaban J connectivity index is 1.97. The molecular formula is C17H16ClN3. The highest BCUT2D eigenvalue weighted by Crippen LogP contribution is 2.33. The minimum Gasteiger partial charge on any atom is -0.385 e. The number of aryl methyl sites for hydroxylation is 1. The fourth-order valence-corrected chi connectivity index (χ4v) is 3.29. The van der Waals surface area contributed by atoms with Crippen molar-refractivity contribution in [3.05, 3.63) is 47.0 Å². The van der Waals surface area contributed by atoms with Crippen LogP contribution in [0.3, 0.4) is 0 Å². The highest BCUT2D eigenvalue weighted by Gasteiger charge is 2.17. The van der Waals surface area contributed by atoms with E-state index in [1.807, 2.05) is 18.2 Å². The van der Waals surface area contributed by atoms with Crippen LogP contribution in [0, 0.1) is 0 Å². The van der Waals surface area contributed by atoms with Crippen LogP contribution in [0.2, 0.25) is 5.02 Å². The number of imidazole rings is 1. The topological polar surface area (TPSA) is 29.9 Å². The zero-order valence-corrected chi connectivity index (χ0v) is 12.6. The van der Waals surface area contributed by atoms with Gasteiger partial charge in [0.15, 0.2) is 0 Å². The van der Waals surface area contributed by atoms with Crippen LogP contribution in [0.5, 0.6) is 0 Å². The number of rotatable bonds is 1. The fourth-order valence-electron chi connectivity index (χ4n) is 3.12. The molecule has 1 aliphatic rings. The molecule has 0 bridgehead atoms. The summed E-state index contributed by atoms with van der Waals surface area (Å²) in [4.78, 5) is 4.81. The molecule has 0 atom stereocenters. The maximum atomic E-state index is 6.11. The fraction of sp³-hybridized carbons (Fsp3) is 0.235. The van der Waals surface area contributed by atoms with Crippen molar-refractivity contribution >= 4 is 28.3 Å². The van der Waals surface area contributed by atoms with E-state index in [0.717, 1.165) is 34.8 Å². The van der Waals surface area contributed by atoms with Gasteiger partial charge in [0.2, 0.25) is 0 Å². The second-order valence-electron chi connectivity index (χ2n) is 5.49. The van der Waals surface area contributed by atoms with E-state index in [1.165, 1.54) is 23.2 Å². The number of nitrogens with zero attached hydrogens (tertiary/aromatic N) is 2. The number of nitrogens with one attached hydrogen (secondary N) is 1. The Morgan fingerprint density at radius 2 is 2.14 bits per heavy atom. The van der Waals surface area contributed by atoms with Crippen LogP contribution in [-0.4, -0.2) is 16.1 Å². The average Bonchev–Trinajstić information content (AvgIpc) is 2.83. The molecule has 1 aromatic heterocycles. The van der Waals surface area contributed by atoms with E-state index in [1.54, 1.807) is 0 Å². The number of aromatic nitrogens is 2. The van der Waals surface area contributed by atoms with Gasteiger partial charge in [-0.15, -0.1) is 0 Å². The molecule has 0 radical (unpaired) electrons. The Hall–Kier alpha value is -2.00. The Morgan fingerprint density at radius 3 is 3.05 bits per heavy atom. The molecule has 1 aliphatic heterocycles. The lowest BCUT2D eigenvalue weighted by atomic mass is 9.97. The molecule has 0 saturated heterocycles. The quantitative estimate of drug-likeness (QED) is 0.727.